The second kappa shape index (κ2) is 8.58. The van der Waals surface area contributed by atoms with Gasteiger partial charge in [-0.2, -0.15) is 0 Å². The van der Waals surface area contributed by atoms with Gasteiger partial charge >= 0.3 is 0 Å². The van der Waals surface area contributed by atoms with Gasteiger partial charge in [0.15, 0.2) is 0 Å². The van der Waals surface area contributed by atoms with E-state index >= 15 is 0 Å². The fourth-order valence-corrected chi connectivity index (χ4v) is 3.91. The Kier molecular flexibility index (Phi) is 6.44. The predicted molar refractivity (Wildman–Crippen MR) is 98.2 cm³/mol. The molecule has 0 radical (unpaired) electrons. The highest BCUT2D eigenvalue weighted by Gasteiger charge is 2.33. The van der Waals surface area contributed by atoms with Crippen LogP contribution in [0.25, 0.3) is 0 Å². The van der Waals surface area contributed by atoms with Crippen molar-refractivity contribution in [3.63, 3.8) is 0 Å². The minimum atomic E-state index is -0.538. The summed E-state index contributed by atoms with van der Waals surface area (Å²) in [4.78, 5) is 14.4. The van der Waals surface area contributed by atoms with Crippen molar-refractivity contribution in [2.75, 3.05) is 26.3 Å². The van der Waals surface area contributed by atoms with E-state index in [1.165, 1.54) is 0 Å². The average Bonchev–Trinajstić information content (AvgIpc) is 3.13. The Balaban J connectivity index is 1.44. The molecular formula is C18H24Cl2N2O3. The van der Waals surface area contributed by atoms with Crippen LogP contribution >= 0.6 is 23.2 Å². The maximum absolute atomic E-state index is 12.5. The lowest BCUT2D eigenvalue weighted by molar-refractivity contribution is -0.137. The molecule has 0 bridgehead atoms. The molecule has 25 heavy (non-hydrogen) atoms. The number of benzene rings is 1. The summed E-state index contributed by atoms with van der Waals surface area (Å²) in [6.07, 6.45) is 3.54. The van der Waals surface area contributed by atoms with Crippen molar-refractivity contribution in [3.8, 4) is 5.75 Å². The van der Waals surface area contributed by atoms with Crippen LogP contribution in [-0.2, 0) is 9.53 Å². The molecule has 1 amide bonds. The van der Waals surface area contributed by atoms with Crippen LogP contribution in [0.2, 0.25) is 10.0 Å². The molecule has 3 rings (SSSR count). The number of rotatable bonds is 5. The normalized spacial score (nSPS) is 22.8. The number of nitrogens with two attached hydrogens (primary N) is 1. The summed E-state index contributed by atoms with van der Waals surface area (Å²) in [6, 6.07) is 4.65. The zero-order valence-corrected chi connectivity index (χ0v) is 15.6. The molecule has 2 heterocycles. The number of ether oxygens (including phenoxy) is 2. The number of carbonyl (C=O) groups excluding carboxylic acids is 1. The Labute approximate surface area is 158 Å². The van der Waals surface area contributed by atoms with E-state index in [0.717, 1.165) is 25.7 Å². The highest BCUT2D eigenvalue weighted by atomic mass is 35.5. The van der Waals surface area contributed by atoms with E-state index in [9.17, 15) is 4.79 Å². The summed E-state index contributed by atoms with van der Waals surface area (Å²) >= 11 is 12.0. The zero-order chi connectivity index (χ0) is 17.8. The van der Waals surface area contributed by atoms with Crippen LogP contribution in [0.15, 0.2) is 18.2 Å². The van der Waals surface area contributed by atoms with Gasteiger partial charge in [0.05, 0.1) is 12.7 Å². The third kappa shape index (κ3) is 5.00. The monoisotopic (exact) mass is 386 g/mol. The van der Waals surface area contributed by atoms with Gasteiger partial charge < -0.3 is 20.1 Å². The molecule has 5 nitrogen and oxygen atoms in total. The van der Waals surface area contributed by atoms with Gasteiger partial charge in [-0.1, -0.05) is 23.2 Å². The molecular weight excluding hydrogens is 363 g/mol. The first-order valence-electron chi connectivity index (χ1n) is 8.78. The standard InChI is InChI=1S/C18H24Cl2N2O3/c19-13-8-14(20)10-15(9-13)25-11-12-3-5-22(6-4-12)18(23)17(21)16-2-1-7-24-16/h8-10,12,16-17H,1-7,11,21H2. The van der Waals surface area contributed by atoms with Gasteiger partial charge in [0.1, 0.15) is 11.8 Å². The lowest BCUT2D eigenvalue weighted by Crippen LogP contribution is -2.52. The number of amides is 1. The van der Waals surface area contributed by atoms with Crippen molar-refractivity contribution in [3.05, 3.63) is 28.2 Å². The number of piperidine rings is 1. The van der Waals surface area contributed by atoms with E-state index in [1.54, 1.807) is 18.2 Å². The van der Waals surface area contributed by atoms with Crippen molar-refractivity contribution < 1.29 is 14.3 Å². The first-order valence-corrected chi connectivity index (χ1v) is 9.53. The fraction of sp³-hybridized carbons (Fsp3) is 0.611. The molecule has 0 saturated carbocycles. The molecule has 1 aromatic rings. The quantitative estimate of drug-likeness (QED) is 0.843. The Morgan fingerprint density at radius 2 is 1.92 bits per heavy atom. The van der Waals surface area contributed by atoms with Crippen molar-refractivity contribution in [2.45, 2.75) is 37.8 Å². The van der Waals surface area contributed by atoms with E-state index in [0.29, 0.717) is 48.0 Å². The molecule has 2 N–H and O–H groups in total. The Hall–Kier alpha value is -1.01. The zero-order valence-electron chi connectivity index (χ0n) is 14.1. The van der Waals surface area contributed by atoms with E-state index in [4.69, 9.17) is 38.4 Å². The van der Waals surface area contributed by atoms with Gasteiger partial charge in [-0.25, -0.2) is 0 Å². The molecule has 2 atom stereocenters. The van der Waals surface area contributed by atoms with Crippen LogP contribution in [0.5, 0.6) is 5.75 Å². The molecule has 2 saturated heterocycles. The average molecular weight is 387 g/mol. The van der Waals surface area contributed by atoms with Crippen molar-refractivity contribution in [2.24, 2.45) is 11.7 Å². The number of nitrogens with zero attached hydrogens (tertiary/aromatic N) is 1. The van der Waals surface area contributed by atoms with Crippen LogP contribution in [0.3, 0.4) is 0 Å². The molecule has 7 heteroatoms. The smallest absolute Gasteiger partial charge is 0.242 e. The first-order chi connectivity index (χ1) is 12.0. The number of hydrogen-bond acceptors (Lipinski definition) is 4. The summed E-state index contributed by atoms with van der Waals surface area (Å²) < 4.78 is 11.4. The SMILES string of the molecule is NC(C(=O)N1CCC(COc2cc(Cl)cc(Cl)c2)CC1)C1CCCO1. The first kappa shape index (κ1) is 18.8. The van der Waals surface area contributed by atoms with Crippen LogP contribution < -0.4 is 10.5 Å². The number of hydrogen-bond donors (Lipinski definition) is 1. The topological polar surface area (TPSA) is 64.8 Å². The van der Waals surface area contributed by atoms with E-state index in [-0.39, 0.29) is 12.0 Å². The van der Waals surface area contributed by atoms with Crippen LogP contribution in [-0.4, -0.2) is 49.3 Å². The van der Waals surface area contributed by atoms with E-state index < -0.39 is 6.04 Å². The highest BCUT2D eigenvalue weighted by Crippen LogP contribution is 2.26. The van der Waals surface area contributed by atoms with E-state index in [1.807, 2.05) is 4.90 Å². The van der Waals surface area contributed by atoms with Gasteiger partial charge in [0, 0.05) is 29.7 Å². The molecule has 138 valence electrons. The molecule has 2 fully saturated rings. The molecule has 2 unspecified atom stereocenters. The number of likely N-dealkylation sites (tertiary alicyclic amines) is 1. The largest absolute Gasteiger partial charge is 0.493 e. The van der Waals surface area contributed by atoms with Crippen LogP contribution in [0.1, 0.15) is 25.7 Å². The van der Waals surface area contributed by atoms with Gasteiger partial charge in [-0.3, -0.25) is 4.79 Å². The van der Waals surface area contributed by atoms with E-state index in [2.05, 4.69) is 0 Å². The Bertz CT molecular complexity index is 580. The molecule has 0 aliphatic carbocycles. The second-order valence-electron chi connectivity index (χ2n) is 6.76. The molecule has 0 aromatic heterocycles. The summed E-state index contributed by atoms with van der Waals surface area (Å²) in [6.45, 7) is 2.72. The molecule has 0 spiro atoms. The minimum Gasteiger partial charge on any atom is -0.493 e. The lowest BCUT2D eigenvalue weighted by atomic mass is 9.96. The summed E-state index contributed by atoms with van der Waals surface area (Å²) in [5.41, 5.74) is 6.09. The maximum atomic E-state index is 12.5. The van der Waals surface area contributed by atoms with Crippen molar-refractivity contribution in [1.82, 2.24) is 4.90 Å². The van der Waals surface area contributed by atoms with Gasteiger partial charge in [-0.15, -0.1) is 0 Å². The third-order valence-electron chi connectivity index (χ3n) is 4.90. The molecule has 2 aliphatic rings. The number of carbonyl (C=O) groups is 1. The van der Waals surface area contributed by atoms with Crippen molar-refractivity contribution >= 4 is 29.1 Å². The van der Waals surface area contributed by atoms with Gasteiger partial charge in [0.25, 0.3) is 0 Å². The summed E-state index contributed by atoms with van der Waals surface area (Å²) in [7, 11) is 0. The second-order valence-corrected chi connectivity index (χ2v) is 7.63. The predicted octanol–water partition coefficient (Wildman–Crippen LogP) is 3.12. The van der Waals surface area contributed by atoms with Crippen molar-refractivity contribution in [1.29, 1.82) is 0 Å². The highest BCUT2D eigenvalue weighted by molar-refractivity contribution is 6.34. The Morgan fingerprint density at radius 3 is 2.52 bits per heavy atom. The van der Waals surface area contributed by atoms with Crippen LogP contribution in [0.4, 0.5) is 0 Å². The Morgan fingerprint density at radius 1 is 1.24 bits per heavy atom. The number of halogens is 2. The fourth-order valence-electron chi connectivity index (χ4n) is 3.40. The van der Waals surface area contributed by atoms with Crippen LogP contribution in [0, 0.1) is 5.92 Å². The lowest BCUT2D eigenvalue weighted by Gasteiger charge is -2.34. The maximum Gasteiger partial charge on any atom is 0.242 e. The minimum absolute atomic E-state index is 0.00731. The molecule has 1 aromatic carbocycles. The molecule has 2 aliphatic heterocycles. The third-order valence-corrected chi connectivity index (χ3v) is 5.34. The van der Waals surface area contributed by atoms with Gasteiger partial charge in [0.2, 0.25) is 5.91 Å². The summed E-state index contributed by atoms with van der Waals surface area (Å²) in [5.74, 6) is 1.09. The summed E-state index contributed by atoms with van der Waals surface area (Å²) in [5, 5.41) is 1.12. The van der Waals surface area contributed by atoms with Gasteiger partial charge in [-0.05, 0) is 49.8 Å².